The molecule has 1 saturated heterocycles. The van der Waals surface area contributed by atoms with E-state index >= 15 is 0 Å². The summed E-state index contributed by atoms with van der Waals surface area (Å²) in [5.41, 5.74) is 5.98. The standard InChI is InChI=1S/C9H20N2O/c1-3-11(2)6-8-7-12-5-4-9(8)10/h8-9H,3-7,10H2,1-2H3. The van der Waals surface area contributed by atoms with Crippen LogP contribution in [-0.2, 0) is 4.74 Å². The Balaban J connectivity index is 2.28. The molecule has 0 bridgehead atoms. The molecule has 0 radical (unpaired) electrons. The molecule has 3 heteroatoms. The lowest BCUT2D eigenvalue weighted by Crippen LogP contribution is -2.44. The van der Waals surface area contributed by atoms with E-state index in [2.05, 4.69) is 18.9 Å². The van der Waals surface area contributed by atoms with Gasteiger partial charge in [-0.1, -0.05) is 6.92 Å². The topological polar surface area (TPSA) is 38.5 Å². The second-order valence-electron chi connectivity index (χ2n) is 3.64. The van der Waals surface area contributed by atoms with E-state index in [4.69, 9.17) is 10.5 Å². The zero-order chi connectivity index (χ0) is 8.97. The molecule has 1 fully saturated rings. The molecule has 0 aliphatic carbocycles. The van der Waals surface area contributed by atoms with E-state index in [9.17, 15) is 0 Å². The van der Waals surface area contributed by atoms with Crippen molar-refractivity contribution in [3.63, 3.8) is 0 Å². The Hall–Kier alpha value is -0.120. The van der Waals surface area contributed by atoms with Crippen molar-refractivity contribution in [2.45, 2.75) is 19.4 Å². The molecule has 72 valence electrons. The monoisotopic (exact) mass is 172 g/mol. The highest BCUT2D eigenvalue weighted by molar-refractivity contribution is 4.78. The van der Waals surface area contributed by atoms with E-state index < -0.39 is 0 Å². The highest BCUT2D eigenvalue weighted by Crippen LogP contribution is 2.13. The maximum atomic E-state index is 5.98. The highest BCUT2D eigenvalue weighted by atomic mass is 16.5. The van der Waals surface area contributed by atoms with Gasteiger partial charge in [-0.2, -0.15) is 0 Å². The average molecular weight is 172 g/mol. The molecule has 0 aromatic rings. The molecule has 12 heavy (non-hydrogen) atoms. The van der Waals surface area contributed by atoms with Gasteiger partial charge in [-0.05, 0) is 20.0 Å². The van der Waals surface area contributed by atoms with Crippen molar-refractivity contribution in [2.24, 2.45) is 11.7 Å². The number of nitrogens with zero attached hydrogens (tertiary/aromatic N) is 1. The summed E-state index contributed by atoms with van der Waals surface area (Å²) in [6.45, 7) is 6.00. The number of rotatable bonds is 3. The first-order valence-corrected chi connectivity index (χ1v) is 4.76. The molecule has 2 N–H and O–H groups in total. The maximum absolute atomic E-state index is 5.98. The smallest absolute Gasteiger partial charge is 0.0521 e. The van der Waals surface area contributed by atoms with Gasteiger partial charge in [0.25, 0.3) is 0 Å². The minimum absolute atomic E-state index is 0.341. The van der Waals surface area contributed by atoms with Gasteiger partial charge in [-0.3, -0.25) is 0 Å². The summed E-state index contributed by atoms with van der Waals surface area (Å²) >= 11 is 0. The van der Waals surface area contributed by atoms with E-state index in [0.29, 0.717) is 12.0 Å². The second kappa shape index (κ2) is 4.80. The van der Waals surface area contributed by atoms with Gasteiger partial charge in [0, 0.05) is 25.1 Å². The van der Waals surface area contributed by atoms with E-state index in [1.807, 2.05) is 0 Å². The van der Waals surface area contributed by atoms with Crippen molar-refractivity contribution in [1.29, 1.82) is 0 Å². The Morgan fingerprint density at radius 3 is 2.92 bits per heavy atom. The number of ether oxygens (including phenoxy) is 1. The van der Waals surface area contributed by atoms with Gasteiger partial charge >= 0.3 is 0 Å². The van der Waals surface area contributed by atoms with Crippen molar-refractivity contribution < 1.29 is 4.74 Å². The van der Waals surface area contributed by atoms with Crippen LogP contribution in [0.3, 0.4) is 0 Å². The van der Waals surface area contributed by atoms with Gasteiger partial charge in [0.2, 0.25) is 0 Å². The Labute approximate surface area is 74.9 Å². The first kappa shape index (κ1) is 9.96. The molecule has 0 spiro atoms. The lowest BCUT2D eigenvalue weighted by molar-refractivity contribution is 0.0301. The summed E-state index contributed by atoms with van der Waals surface area (Å²) in [6, 6.07) is 0.341. The second-order valence-corrected chi connectivity index (χ2v) is 3.64. The third-order valence-corrected chi connectivity index (χ3v) is 2.62. The molecule has 0 saturated carbocycles. The van der Waals surface area contributed by atoms with Gasteiger partial charge in [0.05, 0.1) is 6.61 Å². The predicted molar refractivity (Wildman–Crippen MR) is 50.1 cm³/mol. The fourth-order valence-electron chi connectivity index (χ4n) is 1.53. The molecule has 1 aliphatic heterocycles. The zero-order valence-electron chi connectivity index (χ0n) is 8.12. The Morgan fingerprint density at radius 2 is 2.33 bits per heavy atom. The van der Waals surface area contributed by atoms with Gasteiger partial charge in [-0.25, -0.2) is 0 Å². The third-order valence-electron chi connectivity index (χ3n) is 2.62. The normalized spacial score (nSPS) is 31.0. The summed E-state index contributed by atoms with van der Waals surface area (Å²) in [5.74, 6) is 0.531. The summed E-state index contributed by atoms with van der Waals surface area (Å²) < 4.78 is 5.39. The molecule has 2 atom stereocenters. The van der Waals surface area contributed by atoms with Gasteiger partial charge in [-0.15, -0.1) is 0 Å². The van der Waals surface area contributed by atoms with E-state index in [-0.39, 0.29) is 0 Å². The van der Waals surface area contributed by atoms with Crippen molar-refractivity contribution in [3.8, 4) is 0 Å². The maximum Gasteiger partial charge on any atom is 0.0521 e. The molecule has 3 nitrogen and oxygen atoms in total. The van der Waals surface area contributed by atoms with Crippen molar-refractivity contribution in [3.05, 3.63) is 0 Å². The third kappa shape index (κ3) is 2.73. The van der Waals surface area contributed by atoms with E-state index in [1.54, 1.807) is 0 Å². The lowest BCUT2D eigenvalue weighted by atomic mass is 9.96. The Bertz CT molecular complexity index is 130. The van der Waals surface area contributed by atoms with Gasteiger partial charge in [0.15, 0.2) is 0 Å². The van der Waals surface area contributed by atoms with Crippen LogP contribution in [0.25, 0.3) is 0 Å². The zero-order valence-corrected chi connectivity index (χ0v) is 8.12. The fourth-order valence-corrected chi connectivity index (χ4v) is 1.53. The predicted octanol–water partition coefficient (Wildman–Crippen LogP) is 0.302. The Kier molecular flexibility index (Phi) is 3.98. The van der Waals surface area contributed by atoms with Crippen LogP contribution >= 0.6 is 0 Å². The number of hydrogen-bond acceptors (Lipinski definition) is 3. The average Bonchev–Trinajstić information content (AvgIpc) is 2.09. The molecular formula is C9H20N2O. The van der Waals surface area contributed by atoms with Crippen LogP contribution in [0.15, 0.2) is 0 Å². The molecular weight excluding hydrogens is 152 g/mol. The molecule has 2 unspecified atom stereocenters. The summed E-state index contributed by atoms with van der Waals surface area (Å²) in [7, 11) is 2.13. The lowest BCUT2D eigenvalue weighted by Gasteiger charge is -2.31. The van der Waals surface area contributed by atoms with E-state index in [0.717, 1.165) is 32.7 Å². The van der Waals surface area contributed by atoms with Crippen molar-refractivity contribution >= 4 is 0 Å². The van der Waals surface area contributed by atoms with Crippen LogP contribution < -0.4 is 5.73 Å². The molecule has 1 rings (SSSR count). The number of hydrogen-bond donors (Lipinski definition) is 1. The van der Waals surface area contributed by atoms with Crippen molar-refractivity contribution in [2.75, 3.05) is 33.4 Å². The summed E-state index contributed by atoms with van der Waals surface area (Å²) in [6.07, 6.45) is 1.02. The van der Waals surface area contributed by atoms with Crippen LogP contribution in [0.2, 0.25) is 0 Å². The first-order chi connectivity index (χ1) is 5.74. The quantitative estimate of drug-likeness (QED) is 0.665. The molecule has 1 heterocycles. The van der Waals surface area contributed by atoms with Crippen LogP contribution in [0.1, 0.15) is 13.3 Å². The minimum atomic E-state index is 0.341. The highest BCUT2D eigenvalue weighted by Gasteiger charge is 2.22. The van der Waals surface area contributed by atoms with Crippen LogP contribution in [0, 0.1) is 5.92 Å². The summed E-state index contributed by atoms with van der Waals surface area (Å²) in [5, 5.41) is 0. The van der Waals surface area contributed by atoms with Gasteiger partial charge < -0.3 is 15.4 Å². The van der Waals surface area contributed by atoms with Crippen LogP contribution in [0.5, 0.6) is 0 Å². The first-order valence-electron chi connectivity index (χ1n) is 4.76. The number of nitrogens with two attached hydrogens (primary N) is 1. The fraction of sp³-hybridized carbons (Fsp3) is 1.00. The summed E-state index contributed by atoms with van der Waals surface area (Å²) in [4.78, 5) is 2.29. The molecule has 1 aliphatic rings. The SMILES string of the molecule is CCN(C)CC1COCCC1N. The Morgan fingerprint density at radius 1 is 1.58 bits per heavy atom. The minimum Gasteiger partial charge on any atom is -0.381 e. The largest absolute Gasteiger partial charge is 0.381 e. The molecule has 0 amide bonds. The van der Waals surface area contributed by atoms with Crippen molar-refractivity contribution in [1.82, 2.24) is 4.90 Å². The molecule has 0 aromatic carbocycles. The molecule has 0 aromatic heterocycles. The van der Waals surface area contributed by atoms with Crippen LogP contribution in [-0.4, -0.2) is 44.3 Å². The van der Waals surface area contributed by atoms with Gasteiger partial charge in [0.1, 0.15) is 0 Å². The van der Waals surface area contributed by atoms with Crippen LogP contribution in [0.4, 0.5) is 0 Å². The van der Waals surface area contributed by atoms with E-state index in [1.165, 1.54) is 0 Å².